The predicted octanol–water partition coefficient (Wildman–Crippen LogP) is 1.77. The summed E-state index contributed by atoms with van der Waals surface area (Å²) in [5.74, 6) is 0.689. The molecule has 0 aromatic carbocycles. The molecule has 1 aromatic rings. The maximum absolute atomic E-state index is 9.97. The van der Waals surface area contributed by atoms with Gasteiger partial charge in [-0.15, -0.1) is 0 Å². The molecule has 15 heavy (non-hydrogen) atoms. The molecule has 1 aromatic heterocycles. The van der Waals surface area contributed by atoms with E-state index in [2.05, 4.69) is 0 Å². The molecule has 0 radical (unpaired) electrons. The summed E-state index contributed by atoms with van der Waals surface area (Å²) in [5, 5.41) is 9.97. The molecule has 4 heteroatoms. The highest BCUT2D eigenvalue weighted by Crippen LogP contribution is 2.31. The lowest BCUT2D eigenvalue weighted by Crippen LogP contribution is -2.25. The predicted molar refractivity (Wildman–Crippen MR) is 53.3 cm³/mol. The molecule has 0 bridgehead atoms. The number of aliphatic hydroxyl groups excluding tert-OH is 1. The molecule has 0 aliphatic carbocycles. The Balaban J connectivity index is 2.06. The standard InChI is InChI=1S/C11H16O4/c1-7-4-5-8(14-7)10(12)9-6-13-11(2,3)15-9/h4-5,9-10,12H,6H2,1-3H3/t9-,10-/m1/s1. The van der Waals surface area contributed by atoms with Gasteiger partial charge in [-0.3, -0.25) is 0 Å². The third-order valence-electron chi connectivity index (χ3n) is 2.44. The summed E-state index contributed by atoms with van der Waals surface area (Å²) in [4.78, 5) is 0. The van der Waals surface area contributed by atoms with Gasteiger partial charge in [0.2, 0.25) is 0 Å². The van der Waals surface area contributed by atoms with Crippen molar-refractivity contribution in [2.24, 2.45) is 0 Å². The van der Waals surface area contributed by atoms with E-state index in [0.717, 1.165) is 5.76 Å². The van der Waals surface area contributed by atoms with Crippen LogP contribution in [0.4, 0.5) is 0 Å². The van der Waals surface area contributed by atoms with Crippen molar-refractivity contribution >= 4 is 0 Å². The number of furan rings is 1. The summed E-state index contributed by atoms with van der Waals surface area (Å²) in [6, 6.07) is 3.58. The van der Waals surface area contributed by atoms with Crippen molar-refractivity contribution < 1.29 is 19.0 Å². The lowest BCUT2D eigenvalue weighted by atomic mass is 10.2. The maximum Gasteiger partial charge on any atom is 0.163 e. The molecular formula is C11H16O4. The summed E-state index contributed by atoms with van der Waals surface area (Å²) in [5.41, 5.74) is 0. The second-order valence-electron chi connectivity index (χ2n) is 4.26. The highest BCUT2D eigenvalue weighted by molar-refractivity contribution is 5.09. The largest absolute Gasteiger partial charge is 0.464 e. The molecule has 2 heterocycles. The number of hydrogen-bond donors (Lipinski definition) is 1. The van der Waals surface area contributed by atoms with Crippen LogP contribution in [0.25, 0.3) is 0 Å². The van der Waals surface area contributed by atoms with E-state index in [-0.39, 0.29) is 6.10 Å². The minimum atomic E-state index is -0.763. The minimum Gasteiger partial charge on any atom is -0.464 e. The van der Waals surface area contributed by atoms with Gasteiger partial charge >= 0.3 is 0 Å². The Bertz CT molecular complexity index is 342. The molecule has 4 nitrogen and oxygen atoms in total. The van der Waals surface area contributed by atoms with E-state index in [1.165, 1.54) is 0 Å². The lowest BCUT2D eigenvalue weighted by molar-refractivity contribution is -0.152. The van der Waals surface area contributed by atoms with Crippen molar-refractivity contribution in [3.63, 3.8) is 0 Å². The Morgan fingerprint density at radius 3 is 2.67 bits per heavy atom. The molecule has 1 aliphatic heterocycles. The average molecular weight is 212 g/mol. The van der Waals surface area contributed by atoms with Crippen LogP contribution >= 0.6 is 0 Å². The van der Waals surface area contributed by atoms with Gasteiger partial charge in [-0.2, -0.15) is 0 Å². The van der Waals surface area contributed by atoms with Gasteiger partial charge in [-0.05, 0) is 32.9 Å². The number of ether oxygens (including phenoxy) is 2. The summed E-state index contributed by atoms with van der Waals surface area (Å²) < 4.78 is 16.3. The van der Waals surface area contributed by atoms with E-state index in [0.29, 0.717) is 12.4 Å². The zero-order chi connectivity index (χ0) is 11.1. The second-order valence-corrected chi connectivity index (χ2v) is 4.26. The van der Waals surface area contributed by atoms with Crippen molar-refractivity contribution in [3.8, 4) is 0 Å². The van der Waals surface area contributed by atoms with E-state index in [4.69, 9.17) is 13.9 Å². The van der Waals surface area contributed by atoms with Crippen LogP contribution in [-0.4, -0.2) is 23.6 Å². The fourth-order valence-electron chi connectivity index (χ4n) is 1.67. The summed E-state index contributed by atoms with van der Waals surface area (Å²) in [6.45, 7) is 5.88. The van der Waals surface area contributed by atoms with Gasteiger partial charge < -0.3 is 19.0 Å². The Hall–Kier alpha value is -0.840. The first-order valence-corrected chi connectivity index (χ1v) is 5.04. The zero-order valence-electron chi connectivity index (χ0n) is 9.19. The molecule has 0 spiro atoms. The Morgan fingerprint density at radius 1 is 1.47 bits per heavy atom. The molecule has 1 saturated heterocycles. The molecule has 1 N–H and O–H groups in total. The smallest absolute Gasteiger partial charge is 0.163 e. The molecule has 0 amide bonds. The number of aryl methyl sites for hydroxylation is 1. The summed E-state index contributed by atoms with van der Waals surface area (Å²) in [7, 11) is 0. The van der Waals surface area contributed by atoms with E-state index < -0.39 is 11.9 Å². The highest BCUT2D eigenvalue weighted by Gasteiger charge is 2.38. The van der Waals surface area contributed by atoms with E-state index in [1.807, 2.05) is 26.8 Å². The van der Waals surface area contributed by atoms with Crippen molar-refractivity contribution in [2.75, 3.05) is 6.61 Å². The molecule has 1 fully saturated rings. The molecule has 2 atom stereocenters. The highest BCUT2D eigenvalue weighted by atomic mass is 16.7. The van der Waals surface area contributed by atoms with Crippen LogP contribution in [0.15, 0.2) is 16.5 Å². The van der Waals surface area contributed by atoms with Gasteiger partial charge in [0.1, 0.15) is 23.7 Å². The Labute approximate surface area is 88.8 Å². The first-order valence-electron chi connectivity index (χ1n) is 5.04. The van der Waals surface area contributed by atoms with Crippen molar-refractivity contribution in [1.82, 2.24) is 0 Å². The normalized spacial score (nSPS) is 26.8. The van der Waals surface area contributed by atoms with Crippen LogP contribution in [0.3, 0.4) is 0 Å². The first kappa shape index (κ1) is 10.7. The van der Waals surface area contributed by atoms with Gasteiger partial charge in [0.15, 0.2) is 5.79 Å². The van der Waals surface area contributed by atoms with Gasteiger partial charge in [-0.1, -0.05) is 0 Å². The minimum absolute atomic E-state index is 0.356. The van der Waals surface area contributed by atoms with E-state index >= 15 is 0 Å². The average Bonchev–Trinajstić information content (AvgIpc) is 2.71. The monoisotopic (exact) mass is 212 g/mol. The second kappa shape index (κ2) is 3.63. The third-order valence-corrected chi connectivity index (χ3v) is 2.44. The van der Waals surface area contributed by atoms with Crippen LogP contribution < -0.4 is 0 Å². The molecule has 84 valence electrons. The maximum atomic E-state index is 9.97. The van der Waals surface area contributed by atoms with Crippen LogP contribution in [0.1, 0.15) is 31.5 Å². The number of rotatable bonds is 2. The van der Waals surface area contributed by atoms with Crippen LogP contribution in [0.2, 0.25) is 0 Å². The fraction of sp³-hybridized carbons (Fsp3) is 0.636. The van der Waals surface area contributed by atoms with Crippen molar-refractivity contribution in [2.45, 2.75) is 38.8 Å². The number of aliphatic hydroxyl groups is 1. The Kier molecular flexibility index (Phi) is 2.58. The topological polar surface area (TPSA) is 51.8 Å². The van der Waals surface area contributed by atoms with Crippen molar-refractivity contribution in [3.05, 3.63) is 23.7 Å². The third kappa shape index (κ3) is 2.22. The SMILES string of the molecule is Cc1ccc([C@@H](O)[C@H]2COC(C)(C)O2)o1. The fourth-order valence-corrected chi connectivity index (χ4v) is 1.67. The van der Waals surface area contributed by atoms with Gasteiger partial charge in [-0.25, -0.2) is 0 Å². The van der Waals surface area contributed by atoms with Crippen molar-refractivity contribution in [1.29, 1.82) is 0 Å². The quantitative estimate of drug-likeness (QED) is 0.811. The van der Waals surface area contributed by atoms with Gasteiger partial charge in [0.25, 0.3) is 0 Å². The molecule has 1 aliphatic rings. The number of hydrogen-bond acceptors (Lipinski definition) is 4. The van der Waals surface area contributed by atoms with E-state index in [9.17, 15) is 5.11 Å². The van der Waals surface area contributed by atoms with Crippen LogP contribution in [0.5, 0.6) is 0 Å². The van der Waals surface area contributed by atoms with Gasteiger partial charge in [0, 0.05) is 0 Å². The summed E-state index contributed by atoms with van der Waals surface area (Å²) in [6.07, 6.45) is -1.12. The van der Waals surface area contributed by atoms with Crippen LogP contribution in [0, 0.1) is 6.92 Å². The van der Waals surface area contributed by atoms with E-state index in [1.54, 1.807) is 6.07 Å². The zero-order valence-corrected chi connectivity index (χ0v) is 9.19. The lowest BCUT2D eigenvalue weighted by Gasteiger charge is -2.19. The first-order chi connectivity index (χ1) is 6.98. The van der Waals surface area contributed by atoms with Crippen LogP contribution in [-0.2, 0) is 9.47 Å². The Morgan fingerprint density at radius 2 is 2.20 bits per heavy atom. The molecule has 0 saturated carbocycles. The molecule has 2 rings (SSSR count). The van der Waals surface area contributed by atoms with Gasteiger partial charge in [0.05, 0.1) is 6.61 Å². The molecule has 0 unspecified atom stereocenters. The molecular weight excluding hydrogens is 196 g/mol. The summed E-state index contributed by atoms with van der Waals surface area (Å²) >= 11 is 0.